The van der Waals surface area contributed by atoms with Crippen molar-refractivity contribution < 1.29 is 14.7 Å². The Bertz CT molecular complexity index is 732. The van der Waals surface area contributed by atoms with Crippen LogP contribution in [0.15, 0.2) is 30.4 Å². The van der Waals surface area contributed by atoms with E-state index in [0.717, 1.165) is 24.1 Å². The Balaban J connectivity index is 1.61. The molecule has 1 aromatic carbocycles. The van der Waals surface area contributed by atoms with E-state index in [1.807, 2.05) is 38.1 Å². The second kappa shape index (κ2) is 4.70. The smallest absolute Gasteiger partial charge is 0.307 e. The number of anilines is 1. The van der Waals surface area contributed by atoms with Crippen LogP contribution in [-0.4, -0.2) is 17.0 Å². The van der Waals surface area contributed by atoms with Crippen LogP contribution >= 0.6 is 0 Å². The minimum atomic E-state index is -0.839. The highest BCUT2D eigenvalue weighted by Crippen LogP contribution is 2.72. The van der Waals surface area contributed by atoms with Gasteiger partial charge in [0.15, 0.2) is 0 Å². The molecule has 1 aromatic rings. The maximum atomic E-state index is 12.8. The summed E-state index contributed by atoms with van der Waals surface area (Å²) < 4.78 is 0. The van der Waals surface area contributed by atoms with E-state index in [1.165, 1.54) is 5.56 Å². The molecule has 0 radical (unpaired) electrons. The van der Waals surface area contributed by atoms with Crippen molar-refractivity contribution in [3.05, 3.63) is 41.5 Å². The molecule has 1 spiro atoms. The van der Waals surface area contributed by atoms with Crippen molar-refractivity contribution in [2.45, 2.75) is 26.7 Å². The van der Waals surface area contributed by atoms with Gasteiger partial charge < -0.3 is 10.4 Å². The summed E-state index contributed by atoms with van der Waals surface area (Å²) in [5, 5.41) is 12.6. The highest BCUT2D eigenvalue weighted by molar-refractivity contribution is 5.96. The third-order valence-corrected chi connectivity index (χ3v) is 6.20. The highest BCUT2D eigenvalue weighted by Gasteiger charge is 2.70. The summed E-state index contributed by atoms with van der Waals surface area (Å²) in [6, 6.07) is 5.80. The van der Waals surface area contributed by atoms with E-state index in [9.17, 15) is 14.7 Å². The summed E-state index contributed by atoms with van der Waals surface area (Å²) >= 11 is 0. The summed E-state index contributed by atoms with van der Waals surface area (Å²) in [7, 11) is 0. The molecule has 0 heterocycles. The number of carbonyl (C=O) groups is 2. The summed E-state index contributed by atoms with van der Waals surface area (Å²) in [6.07, 6.45) is 6.22. The number of nitrogens with one attached hydrogen (secondary N) is 1. The normalized spacial score (nSPS) is 32.3. The van der Waals surface area contributed by atoms with Crippen molar-refractivity contribution in [1.82, 2.24) is 0 Å². The van der Waals surface area contributed by atoms with Crippen LogP contribution in [0.5, 0.6) is 0 Å². The van der Waals surface area contributed by atoms with Gasteiger partial charge in [-0.15, -0.1) is 0 Å². The Morgan fingerprint density at radius 1 is 1.09 bits per heavy atom. The number of aryl methyl sites for hydroxylation is 2. The topological polar surface area (TPSA) is 66.4 Å². The van der Waals surface area contributed by atoms with E-state index >= 15 is 0 Å². The summed E-state index contributed by atoms with van der Waals surface area (Å²) in [5.41, 5.74) is 3.10. The van der Waals surface area contributed by atoms with Crippen molar-refractivity contribution in [3.63, 3.8) is 0 Å². The van der Waals surface area contributed by atoms with E-state index < -0.39 is 17.8 Å². The highest BCUT2D eigenvalue weighted by atomic mass is 16.4. The number of hydrogen-bond acceptors (Lipinski definition) is 2. The van der Waals surface area contributed by atoms with Gasteiger partial charge in [-0.1, -0.05) is 18.2 Å². The van der Waals surface area contributed by atoms with Gasteiger partial charge in [0.05, 0.1) is 11.8 Å². The zero-order chi connectivity index (χ0) is 16.4. The fraction of sp³-hybridized carbons (Fsp3) is 0.474. The molecule has 2 N–H and O–H groups in total. The molecule has 2 saturated carbocycles. The van der Waals surface area contributed by atoms with Gasteiger partial charge in [0.25, 0.3) is 0 Å². The standard InChI is InChI=1S/C19H21NO3/c1-10-3-4-12(9-11(10)2)20-17(21)15-13-5-6-14(16(15)18(22)23)19(13)7-8-19/h3-6,9,13-16H,7-8H2,1-2H3,(H,20,21)(H,22,23)/t13-,14+,15-,16+/m1/s1. The molecular formula is C19H21NO3. The Kier molecular flexibility index (Phi) is 2.96. The number of rotatable bonds is 3. The molecule has 2 fully saturated rings. The van der Waals surface area contributed by atoms with Crippen LogP contribution in [0.3, 0.4) is 0 Å². The summed E-state index contributed by atoms with van der Waals surface area (Å²) in [5.74, 6) is -1.91. The maximum Gasteiger partial charge on any atom is 0.307 e. The van der Waals surface area contributed by atoms with Crippen LogP contribution in [0.4, 0.5) is 5.69 Å². The van der Waals surface area contributed by atoms with Gasteiger partial charge in [0.1, 0.15) is 0 Å². The lowest BCUT2D eigenvalue weighted by Gasteiger charge is -2.24. The first-order valence-corrected chi connectivity index (χ1v) is 8.23. The zero-order valence-electron chi connectivity index (χ0n) is 13.4. The van der Waals surface area contributed by atoms with Crippen molar-refractivity contribution in [3.8, 4) is 0 Å². The van der Waals surface area contributed by atoms with Crippen molar-refractivity contribution in [1.29, 1.82) is 0 Å². The molecule has 23 heavy (non-hydrogen) atoms. The van der Waals surface area contributed by atoms with Gasteiger partial charge >= 0.3 is 5.97 Å². The monoisotopic (exact) mass is 311 g/mol. The van der Waals surface area contributed by atoms with Gasteiger partial charge in [-0.3, -0.25) is 9.59 Å². The van der Waals surface area contributed by atoms with Crippen molar-refractivity contribution in [2.75, 3.05) is 5.32 Å². The summed E-state index contributed by atoms with van der Waals surface area (Å²) in [4.78, 5) is 24.6. The molecule has 4 nitrogen and oxygen atoms in total. The first-order valence-electron chi connectivity index (χ1n) is 8.23. The lowest BCUT2D eigenvalue weighted by molar-refractivity contribution is -0.146. The second-order valence-electron chi connectivity index (χ2n) is 7.35. The van der Waals surface area contributed by atoms with Gasteiger partial charge in [0.2, 0.25) is 5.91 Å². The Morgan fingerprint density at radius 2 is 1.74 bits per heavy atom. The molecule has 0 saturated heterocycles. The molecule has 3 aliphatic carbocycles. The van der Waals surface area contributed by atoms with Crippen LogP contribution in [0, 0.1) is 42.9 Å². The van der Waals surface area contributed by atoms with Gasteiger partial charge in [0, 0.05) is 5.69 Å². The molecule has 3 aliphatic rings. The first kappa shape index (κ1) is 14.5. The van der Waals surface area contributed by atoms with E-state index in [2.05, 4.69) is 11.4 Å². The van der Waals surface area contributed by atoms with E-state index in [1.54, 1.807) is 0 Å². The molecule has 0 aliphatic heterocycles. The number of allylic oxidation sites excluding steroid dienone is 2. The molecule has 4 rings (SSSR count). The van der Waals surface area contributed by atoms with Crippen LogP contribution < -0.4 is 5.32 Å². The van der Waals surface area contributed by atoms with Crippen molar-refractivity contribution in [2.24, 2.45) is 29.1 Å². The average Bonchev–Trinajstić information content (AvgIpc) is 3.16. The molecule has 4 heteroatoms. The second-order valence-corrected chi connectivity index (χ2v) is 7.35. The Hall–Kier alpha value is -2.10. The largest absolute Gasteiger partial charge is 0.481 e. The minimum absolute atomic E-state index is 0.0282. The van der Waals surface area contributed by atoms with Crippen LogP contribution in [0.1, 0.15) is 24.0 Å². The predicted molar refractivity (Wildman–Crippen MR) is 86.9 cm³/mol. The number of benzene rings is 1. The van der Waals surface area contributed by atoms with Gasteiger partial charge in [-0.2, -0.15) is 0 Å². The molecule has 120 valence electrons. The predicted octanol–water partition coefficient (Wildman–Crippen LogP) is 3.15. The number of carboxylic acids is 1. The number of aliphatic carboxylic acids is 1. The zero-order valence-corrected chi connectivity index (χ0v) is 13.4. The maximum absolute atomic E-state index is 12.8. The first-order chi connectivity index (χ1) is 10.9. The molecule has 4 atom stereocenters. The fourth-order valence-electron chi connectivity index (χ4n) is 4.74. The van der Waals surface area contributed by atoms with Gasteiger partial charge in [-0.05, 0) is 67.2 Å². The molecule has 0 aromatic heterocycles. The average molecular weight is 311 g/mol. The van der Waals surface area contributed by atoms with E-state index in [0.29, 0.717) is 0 Å². The van der Waals surface area contributed by atoms with Crippen molar-refractivity contribution >= 4 is 17.6 Å². The molecule has 1 amide bonds. The lowest BCUT2D eigenvalue weighted by Crippen LogP contribution is -2.36. The third-order valence-electron chi connectivity index (χ3n) is 6.20. The third kappa shape index (κ3) is 1.97. The van der Waals surface area contributed by atoms with E-state index in [4.69, 9.17) is 0 Å². The number of hydrogen-bond donors (Lipinski definition) is 2. The SMILES string of the molecule is Cc1ccc(NC(=O)[C@H]2[C@@H](C(=O)O)[C@@H]3C=C[C@H]2C32CC2)cc1C. The molecule has 2 bridgehead atoms. The van der Waals surface area contributed by atoms with Crippen LogP contribution in [0.2, 0.25) is 0 Å². The number of carbonyl (C=O) groups excluding carboxylic acids is 1. The lowest BCUT2D eigenvalue weighted by atomic mass is 9.82. The fourth-order valence-corrected chi connectivity index (χ4v) is 4.74. The van der Waals surface area contributed by atoms with Crippen LogP contribution in [0.25, 0.3) is 0 Å². The molecular weight excluding hydrogens is 290 g/mol. The van der Waals surface area contributed by atoms with Gasteiger partial charge in [-0.25, -0.2) is 0 Å². The summed E-state index contributed by atoms with van der Waals surface area (Å²) in [6.45, 7) is 4.03. The quantitative estimate of drug-likeness (QED) is 0.843. The van der Waals surface area contributed by atoms with Crippen LogP contribution in [-0.2, 0) is 9.59 Å². The van der Waals surface area contributed by atoms with E-state index in [-0.39, 0.29) is 23.2 Å². The molecule has 0 unspecified atom stereocenters. The Labute approximate surface area is 135 Å². The minimum Gasteiger partial charge on any atom is -0.481 e. The Morgan fingerprint density at radius 3 is 2.30 bits per heavy atom. The number of amides is 1. The number of carboxylic acid groups (broad SMARTS) is 1.